The van der Waals surface area contributed by atoms with E-state index in [4.69, 9.17) is 0 Å². The first kappa shape index (κ1) is 8.16. The lowest BCUT2D eigenvalue weighted by Crippen LogP contribution is -2.08. The van der Waals surface area contributed by atoms with Gasteiger partial charge < -0.3 is 5.32 Å². The summed E-state index contributed by atoms with van der Waals surface area (Å²) in [5.41, 5.74) is 5.28. The zero-order chi connectivity index (χ0) is 8.72. The van der Waals surface area contributed by atoms with E-state index in [1.807, 2.05) is 0 Å². The topological polar surface area (TPSA) is 15.3 Å². The molecule has 0 saturated carbocycles. The van der Waals surface area contributed by atoms with E-state index in [-0.39, 0.29) is 0 Å². The van der Waals surface area contributed by atoms with Crippen molar-refractivity contribution in [2.45, 2.75) is 13.8 Å². The molecule has 0 radical (unpaired) electrons. The van der Waals surface area contributed by atoms with E-state index in [0.717, 1.165) is 6.67 Å². The Balaban J connectivity index is 2.56. The van der Waals surface area contributed by atoms with Gasteiger partial charge in [-0.05, 0) is 37.1 Å². The Hall–Kier alpha value is -0.450. The van der Waals surface area contributed by atoms with Crippen LogP contribution in [-0.2, 0) is 0 Å². The Labute approximate surface area is 86.4 Å². The van der Waals surface area contributed by atoms with Crippen LogP contribution in [0.2, 0.25) is 0 Å². The van der Waals surface area contributed by atoms with Crippen LogP contribution in [0.3, 0.4) is 0 Å². The molecule has 0 aromatic heterocycles. The van der Waals surface area contributed by atoms with Crippen molar-refractivity contribution in [1.29, 1.82) is 0 Å². The number of hydrogen-bond donors (Lipinski definition) is 1. The number of benzene rings is 1. The molecule has 1 aliphatic rings. The van der Waals surface area contributed by atoms with Crippen LogP contribution in [0, 0.1) is 13.8 Å². The number of fused-ring (bicyclic) bond motifs is 1. The summed E-state index contributed by atoms with van der Waals surface area (Å²) in [6.45, 7) is 5.21. The number of anilines is 2. The van der Waals surface area contributed by atoms with Gasteiger partial charge in [-0.25, -0.2) is 0 Å². The number of halogens is 1. The van der Waals surface area contributed by atoms with Crippen molar-refractivity contribution in [2.75, 3.05) is 15.1 Å². The van der Waals surface area contributed by atoms with Gasteiger partial charge in [-0.15, -0.1) is 0 Å². The second kappa shape index (κ2) is 2.80. The van der Waals surface area contributed by atoms with Crippen molar-refractivity contribution in [2.24, 2.45) is 0 Å². The fourth-order valence-corrected chi connectivity index (χ4v) is 1.95. The molecule has 12 heavy (non-hydrogen) atoms. The van der Waals surface area contributed by atoms with E-state index in [0.29, 0.717) is 0 Å². The molecule has 1 aromatic rings. The fraction of sp³-hybridized carbons (Fsp3) is 0.333. The standard InChI is InChI=1S/C9H11IN2/c1-6-3-8-9(4-7(6)2)12(10)5-11-8/h3-4,11H,5H2,1-2H3. The number of aryl methyl sites for hydroxylation is 2. The van der Waals surface area contributed by atoms with E-state index in [2.05, 4.69) is 57.3 Å². The van der Waals surface area contributed by atoms with Crippen molar-refractivity contribution in [1.82, 2.24) is 0 Å². The molecule has 0 aliphatic carbocycles. The Morgan fingerprint density at radius 2 is 2.00 bits per heavy atom. The number of nitrogens with one attached hydrogen (secondary N) is 1. The molecule has 0 spiro atoms. The van der Waals surface area contributed by atoms with Crippen LogP contribution in [0.15, 0.2) is 12.1 Å². The summed E-state index contributed by atoms with van der Waals surface area (Å²) in [4.78, 5) is 0. The molecule has 0 saturated heterocycles. The maximum atomic E-state index is 3.34. The molecule has 0 atom stereocenters. The van der Waals surface area contributed by atoms with Crippen molar-refractivity contribution in [3.63, 3.8) is 0 Å². The number of rotatable bonds is 0. The van der Waals surface area contributed by atoms with Gasteiger partial charge in [0.2, 0.25) is 0 Å². The normalized spacial score (nSPS) is 14.4. The minimum Gasteiger partial charge on any atom is -0.365 e. The molecule has 3 heteroatoms. The van der Waals surface area contributed by atoms with Crippen LogP contribution in [-0.4, -0.2) is 6.67 Å². The molecule has 0 unspecified atom stereocenters. The molecular formula is C9H11IN2. The monoisotopic (exact) mass is 274 g/mol. The van der Waals surface area contributed by atoms with Crippen LogP contribution < -0.4 is 8.43 Å². The Morgan fingerprint density at radius 3 is 2.75 bits per heavy atom. The highest BCUT2D eigenvalue weighted by Gasteiger charge is 2.16. The highest BCUT2D eigenvalue weighted by molar-refractivity contribution is 14.1. The first-order chi connectivity index (χ1) is 5.68. The van der Waals surface area contributed by atoms with E-state index in [9.17, 15) is 0 Å². The van der Waals surface area contributed by atoms with Crippen LogP contribution in [0.1, 0.15) is 11.1 Å². The average Bonchev–Trinajstić information content (AvgIpc) is 2.35. The Kier molecular flexibility index (Phi) is 1.90. The minimum absolute atomic E-state index is 0.915. The van der Waals surface area contributed by atoms with Gasteiger partial charge in [-0.3, -0.25) is 3.11 Å². The van der Waals surface area contributed by atoms with Crippen molar-refractivity contribution in [3.05, 3.63) is 23.3 Å². The third kappa shape index (κ3) is 1.16. The summed E-state index contributed by atoms with van der Waals surface area (Å²) in [6, 6.07) is 4.44. The Morgan fingerprint density at radius 1 is 1.33 bits per heavy atom. The molecule has 64 valence electrons. The molecule has 0 bridgehead atoms. The largest absolute Gasteiger partial charge is 0.365 e. The Bertz CT molecular complexity index is 323. The van der Waals surface area contributed by atoms with Crippen LogP contribution in [0.4, 0.5) is 11.4 Å². The van der Waals surface area contributed by atoms with Crippen LogP contribution in [0.25, 0.3) is 0 Å². The van der Waals surface area contributed by atoms with Crippen LogP contribution in [0.5, 0.6) is 0 Å². The average molecular weight is 274 g/mol. The minimum atomic E-state index is 0.915. The third-order valence-electron chi connectivity index (χ3n) is 2.28. The van der Waals surface area contributed by atoms with Gasteiger partial charge in [0.15, 0.2) is 0 Å². The summed E-state index contributed by atoms with van der Waals surface area (Å²) in [6.07, 6.45) is 0. The zero-order valence-electron chi connectivity index (χ0n) is 7.19. The number of nitrogens with zero attached hydrogens (tertiary/aromatic N) is 1. The maximum Gasteiger partial charge on any atom is 0.0973 e. The first-order valence-corrected chi connectivity index (χ1v) is 4.93. The van der Waals surface area contributed by atoms with Crippen molar-refractivity contribution < 1.29 is 0 Å². The van der Waals surface area contributed by atoms with E-state index >= 15 is 0 Å². The molecule has 2 nitrogen and oxygen atoms in total. The van der Waals surface area contributed by atoms with E-state index in [1.54, 1.807) is 0 Å². The zero-order valence-corrected chi connectivity index (χ0v) is 9.34. The predicted octanol–water partition coefficient (Wildman–Crippen LogP) is 2.84. The van der Waals surface area contributed by atoms with Gasteiger partial charge in [0.25, 0.3) is 0 Å². The predicted molar refractivity (Wildman–Crippen MR) is 60.9 cm³/mol. The summed E-state index contributed by atoms with van der Waals surface area (Å²) < 4.78 is 2.19. The summed E-state index contributed by atoms with van der Waals surface area (Å²) in [7, 11) is 0. The highest BCUT2D eigenvalue weighted by Crippen LogP contribution is 2.35. The van der Waals surface area contributed by atoms with E-state index < -0.39 is 0 Å². The van der Waals surface area contributed by atoms with Crippen LogP contribution >= 0.6 is 22.9 Å². The van der Waals surface area contributed by atoms with Gasteiger partial charge in [-0.2, -0.15) is 0 Å². The summed E-state index contributed by atoms with van der Waals surface area (Å²) in [5, 5.41) is 3.34. The van der Waals surface area contributed by atoms with Gasteiger partial charge in [0, 0.05) is 0 Å². The van der Waals surface area contributed by atoms with E-state index in [1.165, 1.54) is 22.5 Å². The molecule has 1 N–H and O–H groups in total. The molecule has 1 heterocycles. The molecule has 0 fully saturated rings. The van der Waals surface area contributed by atoms with Gasteiger partial charge in [0.05, 0.1) is 40.9 Å². The maximum absolute atomic E-state index is 3.34. The summed E-state index contributed by atoms with van der Waals surface area (Å²) in [5.74, 6) is 0. The second-order valence-electron chi connectivity index (χ2n) is 3.15. The lowest BCUT2D eigenvalue weighted by Gasteiger charge is -2.08. The van der Waals surface area contributed by atoms with Crippen molar-refractivity contribution >= 4 is 34.2 Å². The third-order valence-corrected chi connectivity index (χ3v) is 3.14. The fourth-order valence-electron chi connectivity index (χ4n) is 1.38. The molecule has 1 aliphatic heterocycles. The van der Waals surface area contributed by atoms with Gasteiger partial charge >= 0.3 is 0 Å². The first-order valence-electron chi connectivity index (χ1n) is 3.97. The van der Waals surface area contributed by atoms with Gasteiger partial charge in [-0.1, -0.05) is 0 Å². The number of hydrogen-bond acceptors (Lipinski definition) is 2. The lowest BCUT2D eigenvalue weighted by molar-refractivity contribution is 1.23. The SMILES string of the molecule is Cc1cc2c(cc1C)N(I)CN2. The smallest absolute Gasteiger partial charge is 0.0973 e. The second-order valence-corrected chi connectivity index (χ2v) is 4.32. The van der Waals surface area contributed by atoms with Crippen molar-refractivity contribution in [3.8, 4) is 0 Å². The highest BCUT2D eigenvalue weighted by atomic mass is 127. The molecular weight excluding hydrogens is 263 g/mol. The van der Waals surface area contributed by atoms with Gasteiger partial charge in [0.1, 0.15) is 0 Å². The molecule has 0 amide bonds. The molecule has 1 aromatic carbocycles. The molecule has 2 rings (SSSR count). The quantitative estimate of drug-likeness (QED) is 0.578. The summed E-state index contributed by atoms with van der Waals surface area (Å²) >= 11 is 2.32. The lowest BCUT2D eigenvalue weighted by atomic mass is 10.1.